The number of nitrogens with zero attached hydrogens (tertiary/aromatic N) is 2. The summed E-state index contributed by atoms with van der Waals surface area (Å²) in [6.07, 6.45) is 2.54. The first-order chi connectivity index (χ1) is 9.76. The number of aliphatic hydroxyl groups is 1. The average molecular weight is 271 g/mol. The molecule has 0 amide bonds. The largest absolute Gasteiger partial charge is 0.379 e. The summed E-state index contributed by atoms with van der Waals surface area (Å²) in [5.74, 6) is 1.26. The van der Waals surface area contributed by atoms with Gasteiger partial charge in [0.2, 0.25) is 0 Å². The van der Waals surface area contributed by atoms with Gasteiger partial charge in [-0.3, -0.25) is 0 Å². The second-order valence-electron chi connectivity index (χ2n) is 5.73. The van der Waals surface area contributed by atoms with E-state index in [1.165, 1.54) is 11.1 Å². The number of rotatable bonds is 2. The SMILES string of the molecule is OC1(c2nc(C3Cc4ccccc43)no2)CCCNC1. The third-order valence-corrected chi connectivity index (χ3v) is 4.37. The Morgan fingerprint density at radius 3 is 3.05 bits per heavy atom. The Morgan fingerprint density at radius 2 is 2.25 bits per heavy atom. The van der Waals surface area contributed by atoms with Gasteiger partial charge in [0.15, 0.2) is 11.4 Å². The highest BCUT2D eigenvalue weighted by atomic mass is 16.5. The highest BCUT2D eigenvalue weighted by molar-refractivity contribution is 5.43. The van der Waals surface area contributed by atoms with Gasteiger partial charge in [0, 0.05) is 6.54 Å². The van der Waals surface area contributed by atoms with Crippen LogP contribution in [0.25, 0.3) is 0 Å². The minimum Gasteiger partial charge on any atom is -0.379 e. The van der Waals surface area contributed by atoms with Crippen molar-refractivity contribution in [3.05, 3.63) is 47.1 Å². The van der Waals surface area contributed by atoms with Crippen LogP contribution in [-0.4, -0.2) is 28.3 Å². The highest BCUT2D eigenvalue weighted by Crippen LogP contribution is 2.39. The molecule has 1 fully saturated rings. The Bertz CT molecular complexity index is 632. The van der Waals surface area contributed by atoms with E-state index < -0.39 is 5.60 Å². The van der Waals surface area contributed by atoms with Gasteiger partial charge in [-0.15, -0.1) is 0 Å². The number of β-amino-alcohol motifs (C(OH)–C–C–N with tert-alkyl or cyclic N) is 1. The molecule has 2 unspecified atom stereocenters. The van der Waals surface area contributed by atoms with Crippen molar-refractivity contribution in [3.8, 4) is 0 Å². The minimum absolute atomic E-state index is 0.212. The minimum atomic E-state index is -1.01. The molecule has 5 heteroatoms. The quantitative estimate of drug-likeness (QED) is 0.862. The summed E-state index contributed by atoms with van der Waals surface area (Å²) < 4.78 is 5.33. The smallest absolute Gasteiger partial charge is 0.259 e. The monoisotopic (exact) mass is 271 g/mol. The van der Waals surface area contributed by atoms with Crippen LogP contribution in [-0.2, 0) is 12.0 Å². The highest BCUT2D eigenvalue weighted by Gasteiger charge is 2.39. The second-order valence-corrected chi connectivity index (χ2v) is 5.73. The molecule has 1 aliphatic carbocycles. The van der Waals surface area contributed by atoms with Gasteiger partial charge >= 0.3 is 0 Å². The fourth-order valence-corrected chi connectivity index (χ4v) is 3.13. The van der Waals surface area contributed by atoms with Gasteiger partial charge in [0.25, 0.3) is 5.89 Å². The molecule has 1 saturated heterocycles. The van der Waals surface area contributed by atoms with Crippen molar-refractivity contribution in [2.45, 2.75) is 30.8 Å². The van der Waals surface area contributed by atoms with Crippen LogP contribution in [0.15, 0.2) is 28.8 Å². The third-order valence-electron chi connectivity index (χ3n) is 4.37. The standard InChI is InChI=1S/C15H17N3O2/c19-15(6-3-7-16-9-15)14-17-13(18-20-14)12-8-10-4-1-2-5-11(10)12/h1-2,4-5,12,16,19H,3,6-9H2. The maximum Gasteiger partial charge on any atom is 0.259 e. The van der Waals surface area contributed by atoms with Crippen molar-refractivity contribution >= 4 is 0 Å². The Balaban J connectivity index is 1.61. The van der Waals surface area contributed by atoms with Gasteiger partial charge in [-0.2, -0.15) is 4.98 Å². The molecule has 0 radical (unpaired) electrons. The van der Waals surface area contributed by atoms with Crippen molar-refractivity contribution in [1.82, 2.24) is 15.5 Å². The predicted octanol–water partition coefficient (Wildman–Crippen LogP) is 1.33. The van der Waals surface area contributed by atoms with Crippen molar-refractivity contribution < 1.29 is 9.63 Å². The third kappa shape index (κ3) is 1.77. The molecule has 0 bridgehead atoms. The average Bonchev–Trinajstić information content (AvgIpc) is 2.91. The molecule has 0 saturated carbocycles. The maximum absolute atomic E-state index is 10.6. The Labute approximate surface area is 117 Å². The van der Waals surface area contributed by atoms with E-state index in [9.17, 15) is 5.11 Å². The van der Waals surface area contributed by atoms with Crippen LogP contribution in [0.1, 0.15) is 41.6 Å². The van der Waals surface area contributed by atoms with Crippen LogP contribution in [0.3, 0.4) is 0 Å². The van der Waals surface area contributed by atoms with E-state index in [0.717, 1.165) is 19.4 Å². The fraction of sp³-hybridized carbons (Fsp3) is 0.467. The lowest BCUT2D eigenvalue weighted by atomic mass is 9.77. The summed E-state index contributed by atoms with van der Waals surface area (Å²) >= 11 is 0. The molecular formula is C15H17N3O2. The Kier molecular flexibility index (Phi) is 2.65. The van der Waals surface area contributed by atoms with Crippen LogP contribution >= 0.6 is 0 Å². The second kappa shape index (κ2) is 4.40. The normalized spacial score (nSPS) is 28.8. The molecule has 1 aromatic heterocycles. The number of hydrogen-bond acceptors (Lipinski definition) is 5. The molecule has 2 aromatic rings. The number of fused-ring (bicyclic) bond motifs is 1. The zero-order chi connectivity index (χ0) is 13.6. The van der Waals surface area contributed by atoms with Crippen molar-refractivity contribution in [2.24, 2.45) is 0 Å². The van der Waals surface area contributed by atoms with E-state index in [-0.39, 0.29) is 5.92 Å². The molecule has 5 nitrogen and oxygen atoms in total. The first-order valence-electron chi connectivity index (χ1n) is 7.11. The van der Waals surface area contributed by atoms with Crippen molar-refractivity contribution in [3.63, 3.8) is 0 Å². The number of nitrogens with one attached hydrogen (secondary N) is 1. The molecule has 1 aromatic carbocycles. The van der Waals surface area contributed by atoms with E-state index in [0.29, 0.717) is 24.7 Å². The fourth-order valence-electron chi connectivity index (χ4n) is 3.13. The summed E-state index contributed by atoms with van der Waals surface area (Å²) in [5.41, 5.74) is 1.61. The van der Waals surface area contributed by atoms with E-state index >= 15 is 0 Å². The lowest BCUT2D eigenvalue weighted by molar-refractivity contribution is -0.0167. The lowest BCUT2D eigenvalue weighted by Gasteiger charge is -2.29. The van der Waals surface area contributed by atoms with Gasteiger partial charge < -0.3 is 14.9 Å². The lowest BCUT2D eigenvalue weighted by Crippen LogP contribution is -2.43. The maximum atomic E-state index is 10.6. The Morgan fingerprint density at radius 1 is 1.35 bits per heavy atom. The van der Waals surface area contributed by atoms with E-state index in [1.54, 1.807) is 0 Å². The zero-order valence-electron chi connectivity index (χ0n) is 11.2. The molecule has 1 aliphatic heterocycles. The van der Waals surface area contributed by atoms with E-state index in [2.05, 4.69) is 27.6 Å². The Hall–Kier alpha value is -1.72. The van der Waals surface area contributed by atoms with Crippen molar-refractivity contribution in [1.29, 1.82) is 0 Å². The number of hydrogen-bond donors (Lipinski definition) is 2. The van der Waals surface area contributed by atoms with Gasteiger partial charge in [-0.05, 0) is 36.9 Å². The molecule has 2 N–H and O–H groups in total. The summed E-state index contributed by atoms with van der Waals surface area (Å²) in [4.78, 5) is 4.46. The number of aromatic nitrogens is 2. The summed E-state index contributed by atoms with van der Waals surface area (Å²) in [6, 6.07) is 8.32. The first-order valence-corrected chi connectivity index (χ1v) is 7.11. The molecule has 2 heterocycles. The summed E-state index contributed by atoms with van der Waals surface area (Å²) in [7, 11) is 0. The van der Waals surface area contributed by atoms with E-state index in [4.69, 9.17) is 4.52 Å². The van der Waals surface area contributed by atoms with Gasteiger partial charge in [-0.1, -0.05) is 29.4 Å². The molecular weight excluding hydrogens is 254 g/mol. The number of piperidine rings is 1. The molecule has 2 atom stereocenters. The van der Waals surface area contributed by atoms with Crippen LogP contribution < -0.4 is 5.32 Å². The molecule has 104 valence electrons. The van der Waals surface area contributed by atoms with Gasteiger partial charge in [0.05, 0.1) is 5.92 Å². The van der Waals surface area contributed by atoms with Crippen molar-refractivity contribution in [2.75, 3.05) is 13.1 Å². The zero-order valence-corrected chi connectivity index (χ0v) is 11.2. The van der Waals surface area contributed by atoms with Gasteiger partial charge in [0.1, 0.15) is 0 Å². The molecule has 20 heavy (non-hydrogen) atoms. The number of benzene rings is 1. The molecule has 0 spiro atoms. The van der Waals surface area contributed by atoms with E-state index in [1.807, 2.05) is 12.1 Å². The van der Waals surface area contributed by atoms with Gasteiger partial charge in [-0.25, -0.2) is 0 Å². The predicted molar refractivity (Wildman–Crippen MR) is 72.3 cm³/mol. The topological polar surface area (TPSA) is 71.2 Å². The first kappa shape index (κ1) is 12.1. The molecule has 4 rings (SSSR count). The summed E-state index contributed by atoms with van der Waals surface area (Å²) in [5, 5.41) is 17.8. The molecule has 2 aliphatic rings. The van der Waals surface area contributed by atoms with Crippen LogP contribution in [0, 0.1) is 0 Å². The van der Waals surface area contributed by atoms with Crippen LogP contribution in [0.4, 0.5) is 0 Å². The summed E-state index contributed by atoms with van der Waals surface area (Å²) in [6.45, 7) is 1.41. The van der Waals surface area contributed by atoms with Crippen LogP contribution in [0.5, 0.6) is 0 Å². The van der Waals surface area contributed by atoms with Crippen LogP contribution in [0.2, 0.25) is 0 Å².